The van der Waals surface area contributed by atoms with Crippen molar-refractivity contribution in [2.24, 2.45) is 5.92 Å². The molecule has 0 radical (unpaired) electrons. The van der Waals surface area contributed by atoms with Crippen LogP contribution in [-0.2, 0) is 0 Å². The van der Waals surface area contributed by atoms with Gasteiger partial charge < -0.3 is 5.32 Å². The number of nitrogens with one attached hydrogen (secondary N) is 1. The Labute approximate surface area is 104 Å². The van der Waals surface area contributed by atoms with Crippen molar-refractivity contribution in [2.75, 3.05) is 0 Å². The van der Waals surface area contributed by atoms with Crippen LogP contribution in [0.25, 0.3) is 0 Å². The van der Waals surface area contributed by atoms with Crippen molar-refractivity contribution in [1.29, 1.82) is 0 Å². The monoisotopic (exact) mass is 225 g/mol. The van der Waals surface area contributed by atoms with Crippen molar-refractivity contribution >= 4 is 0 Å². The molecule has 2 aliphatic carbocycles. The quantitative estimate of drug-likeness (QED) is 0.715. The fourth-order valence-corrected chi connectivity index (χ4v) is 2.17. The second-order valence-electron chi connectivity index (χ2n) is 4.23. The van der Waals surface area contributed by atoms with Crippen LogP contribution in [0.4, 0.5) is 0 Å². The van der Waals surface area contributed by atoms with E-state index < -0.39 is 0 Å². The highest BCUT2D eigenvalue weighted by atomic mass is 14.9. The van der Waals surface area contributed by atoms with Crippen LogP contribution in [0.2, 0.25) is 0 Å². The van der Waals surface area contributed by atoms with Crippen LogP contribution in [0.1, 0.15) is 20.3 Å². The third-order valence-corrected chi connectivity index (χ3v) is 3.05. The SMILES string of the molecule is C/C=C\C(=C/C)NC1=C2C=CC=CC2CC=C1. The topological polar surface area (TPSA) is 12.0 Å². The Kier molecular flexibility index (Phi) is 3.81. The molecule has 0 aromatic heterocycles. The minimum atomic E-state index is 0.538. The third kappa shape index (κ3) is 2.68. The Morgan fingerprint density at radius 2 is 2.18 bits per heavy atom. The van der Waals surface area contributed by atoms with Gasteiger partial charge in [-0.3, -0.25) is 0 Å². The molecule has 17 heavy (non-hydrogen) atoms. The summed E-state index contributed by atoms with van der Waals surface area (Å²) < 4.78 is 0. The van der Waals surface area contributed by atoms with Gasteiger partial charge in [-0.05, 0) is 38.0 Å². The van der Waals surface area contributed by atoms with E-state index >= 15 is 0 Å². The molecule has 1 N–H and O–H groups in total. The van der Waals surface area contributed by atoms with Gasteiger partial charge in [-0.25, -0.2) is 0 Å². The highest BCUT2D eigenvalue weighted by Gasteiger charge is 2.17. The normalized spacial score (nSPS) is 23.4. The van der Waals surface area contributed by atoms with Gasteiger partial charge in [0.05, 0.1) is 0 Å². The van der Waals surface area contributed by atoms with Gasteiger partial charge in [-0.1, -0.05) is 42.5 Å². The van der Waals surface area contributed by atoms with Gasteiger partial charge in [0, 0.05) is 17.3 Å². The van der Waals surface area contributed by atoms with Crippen LogP contribution < -0.4 is 5.32 Å². The van der Waals surface area contributed by atoms with Crippen molar-refractivity contribution in [3.8, 4) is 0 Å². The smallest absolute Gasteiger partial charge is 0.0419 e. The van der Waals surface area contributed by atoms with Gasteiger partial charge in [0.25, 0.3) is 0 Å². The van der Waals surface area contributed by atoms with Crippen LogP contribution in [0.15, 0.2) is 71.7 Å². The first-order chi connectivity index (χ1) is 8.35. The lowest BCUT2D eigenvalue weighted by atomic mass is 9.86. The fraction of sp³-hybridized carbons (Fsp3) is 0.250. The highest BCUT2D eigenvalue weighted by molar-refractivity contribution is 5.45. The van der Waals surface area contributed by atoms with Gasteiger partial charge in [0.1, 0.15) is 0 Å². The van der Waals surface area contributed by atoms with E-state index in [4.69, 9.17) is 0 Å². The second-order valence-corrected chi connectivity index (χ2v) is 4.23. The van der Waals surface area contributed by atoms with E-state index in [9.17, 15) is 0 Å². The van der Waals surface area contributed by atoms with Crippen molar-refractivity contribution in [1.82, 2.24) is 5.32 Å². The predicted molar refractivity (Wildman–Crippen MR) is 74.3 cm³/mol. The molecule has 0 spiro atoms. The molecule has 0 fully saturated rings. The minimum Gasteiger partial charge on any atom is -0.356 e. The van der Waals surface area contributed by atoms with E-state index in [0.29, 0.717) is 5.92 Å². The molecule has 0 heterocycles. The molecule has 0 aromatic rings. The molecule has 0 aromatic carbocycles. The molecule has 0 bridgehead atoms. The van der Waals surface area contributed by atoms with Crippen molar-refractivity contribution in [3.05, 3.63) is 71.7 Å². The van der Waals surface area contributed by atoms with E-state index in [0.717, 1.165) is 12.1 Å². The van der Waals surface area contributed by atoms with Crippen LogP contribution in [0.5, 0.6) is 0 Å². The molecule has 0 aliphatic heterocycles. The number of allylic oxidation sites excluding steroid dienone is 10. The van der Waals surface area contributed by atoms with Gasteiger partial charge in [-0.15, -0.1) is 0 Å². The van der Waals surface area contributed by atoms with Crippen LogP contribution in [0.3, 0.4) is 0 Å². The molecule has 1 atom stereocenters. The molecular formula is C16H19N. The molecule has 2 aliphatic rings. The molecule has 0 saturated heterocycles. The Hall–Kier alpha value is -1.76. The van der Waals surface area contributed by atoms with Crippen molar-refractivity contribution in [3.63, 3.8) is 0 Å². The largest absolute Gasteiger partial charge is 0.356 e. The van der Waals surface area contributed by atoms with E-state index in [1.807, 2.05) is 19.9 Å². The van der Waals surface area contributed by atoms with E-state index in [2.05, 4.69) is 53.9 Å². The zero-order chi connectivity index (χ0) is 12.1. The Morgan fingerprint density at radius 1 is 1.29 bits per heavy atom. The minimum absolute atomic E-state index is 0.538. The molecule has 2 rings (SSSR count). The lowest BCUT2D eigenvalue weighted by Crippen LogP contribution is -2.18. The summed E-state index contributed by atoms with van der Waals surface area (Å²) in [4.78, 5) is 0. The Morgan fingerprint density at radius 3 is 2.94 bits per heavy atom. The van der Waals surface area contributed by atoms with Gasteiger partial charge >= 0.3 is 0 Å². The van der Waals surface area contributed by atoms with Gasteiger partial charge in [-0.2, -0.15) is 0 Å². The fourth-order valence-electron chi connectivity index (χ4n) is 2.17. The zero-order valence-corrected chi connectivity index (χ0v) is 10.5. The summed E-state index contributed by atoms with van der Waals surface area (Å²) in [6.07, 6.45) is 20.5. The zero-order valence-electron chi connectivity index (χ0n) is 10.5. The second kappa shape index (κ2) is 5.53. The average molecular weight is 225 g/mol. The van der Waals surface area contributed by atoms with Crippen LogP contribution in [-0.4, -0.2) is 0 Å². The summed E-state index contributed by atoms with van der Waals surface area (Å²) in [7, 11) is 0. The first kappa shape index (κ1) is 11.7. The van der Waals surface area contributed by atoms with Crippen molar-refractivity contribution < 1.29 is 0 Å². The molecule has 1 heteroatoms. The molecule has 88 valence electrons. The highest BCUT2D eigenvalue weighted by Crippen LogP contribution is 2.29. The number of rotatable bonds is 3. The standard InChI is InChI=1S/C16H19N/c1-3-8-14(4-2)17-16-12-7-10-13-9-5-6-11-15(13)16/h3-9,11-13,17H,10H2,1-2H3/b8-3-,14-4+. The summed E-state index contributed by atoms with van der Waals surface area (Å²) in [6, 6.07) is 0. The molecular weight excluding hydrogens is 206 g/mol. The molecule has 1 unspecified atom stereocenters. The Balaban J connectivity index is 2.25. The van der Waals surface area contributed by atoms with Crippen LogP contribution >= 0.6 is 0 Å². The average Bonchev–Trinajstić information content (AvgIpc) is 2.38. The maximum Gasteiger partial charge on any atom is 0.0419 e. The van der Waals surface area contributed by atoms with E-state index in [-0.39, 0.29) is 0 Å². The molecule has 0 saturated carbocycles. The summed E-state index contributed by atoms with van der Waals surface area (Å²) in [5, 5.41) is 3.49. The predicted octanol–water partition coefficient (Wildman–Crippen LogP) is 4.01. The summed E-state index contributed by atoms with van der Waals surface area (Å²) in [5.41, 5.74) is 3.75. The van der Waals surface area contributed by atoms with Crippen LogP contribution in [0, 0.1) is 5.92 Å². The summed E-state index contributed by atoms with van der Waals surface area (Å²) >= 11 is 0. The van der Waals surface area contributed by atoms with E-state index in [1.54, 1.807) is 0 Å². The lowest BCUT2D eigenvalue weighted by Gasteiger charge is -2.23. The number of hydrogen-bond acceptors (Lipinski definition) is 1. The summed E-state index contributed by atoms with van der Waals surface area (Å²) in [5.74, 6) is 0.538. The van der Waals surface area contributed by atoms with Gasteiger partial charge in [0.2, 0.25) is 0 Å². The van der Waals surface area contributed by atoms with E-state index in [1.165, 1.54) is 11.3 Å². The Bertz CT molecular complexity index is 456. The third-order valence-electron chi connectivity index (χ3n) is 3.05. The summed E-state index contributed by atoms with van der Waals surface area (Å²) in [6.45, 7) is 4.08. The lowest BCUT2D eigenvalue weighted by molar-refractivity contribution is 0.752. The van der Waals surface area contributed by atoms with Crippen molar-refractivity contribution in [2.45, 2.75) is 20.3 Å². The maximum atomic E-state index is 3.49. The maximum absolute atomic E-state index is 3.49. The number of fused-ring (bicyclic) bond motifs is 1. The van der Waals surface area contributed by atoms with Gasteiger partial charge in [0.15, 0.2) is 0 Å². The first-order valence-corrected chi connectivity index (χ1v) is 6.16. The molecule has 0 amide bonds. The first-order valence-electron chi connectivity index (χ1n) is 6.16. The molecule has 1 nitrogen and oxygen atoms in total. The number of hydrogen-bond donors (Lipinski definition) is 1.